The van der Waals surface area contributed by atoms with Crippen molar-refractivity contribution < 1.29 is 9.59 Å². The Bertz CT molecular complexity index is 1230. The summed E-state index contributed by atoms with van der Waals surface area (Å²) >= 11 is 13.9. The predicted molar refractivity (Wildman–Crippen MR) is 159 cm³/mol. The van der Waals surface area contributed by atoms with Gasteiger partial charge in [0.05, 0.1) is 5.75 Å². The lowest BCUT2D eigenvalue weighted by Gasteiger charge is -2.32. The summed E-state index contributed by atoms with van der Waals surface area (Å²) in [6, 6.07) is 23.1. The Balaban J connectivity index is 1.57. The number of carbonyl (C=O) groups excluding carboxylic acids is 2. The minimum absolute atomic E-state index is 0.0657. The van der Waals surface area contributed by atoms with Crippen molar-refractivity contribution in [2.45, 2.75) is 63.4 Å². The molecule has 0 unspecified atom stereocenters. The molecule has 38 heavy (non-hydrogen) atoms. The van der Waals surface area contributed by atoms with Crippen LogP contribution >= 0.6 is 35.0 Å². The summed E-state index contributed by atoms with van der Waals surface area (Å²) in [5, 5.41) is 4.43. The summed E-state index contributed by atoms with van der Waals surface area (Å²) < 4.78 is 0. The average molecular weight is 570 g/mol. The van der Waals surface area contributed by atoms with Crippen LogP contribution in [0.25, 0.3) is 0 Å². The van der Waals surface area contributed by atoms with Crippen molar-refractivity contribution in [1.29, 1.82) is 0 Å². The van der Waals surface area contributed by atoms with E-state index in [0.717, 1.165) is 47.9 Å². The van der Waals surface area contributed by atoms with Crippen molar-refractivity contribution >= 4 is 46.8 Å². The Kier molecular flexibility index (Phi) is 10.6. The maximum atomic E-state index is 13.8. The molecule has 0 radical (unpaired) electrons. The first-order chi connectivity index (χ1) is 18.4. The molecule has 0 saturated heterocycles. The third-order valence-electron chi connectivity index (χ3n) is 6.91. The van der Waals surface area contributed by atoms with Gasteiger partial charge in [-0.2, -0.15) is 0 Å². The Morgan fingerprint density at radius 3 is 2.42 bits per heavy atom. The molecule has 2 amide bonds. The molecule has 1 N–H and O–H groups in total. The second-order valence-electron chi connectivity index (χ2n) is 9.93. The van der Waals surface area contributed by atoms with Crippen molar-refractivity contribution in [2.24, 2.45) is 0 Å². The lowest BCUT2D eigenvalue weighted by Crippen LogP contribution is -2.52. The molecule has 0 aliphatic heterocycles. The van der Waals surface area contributed by atoms with Crippen molar-refractivity contribution in [3.8, 4) is 0 Å². The van der Waals surface area contributed by atoms with E-state index in [4.69, 9.17) is 23.2 Å². The zero-order valence-corrected chi connectivity index (χ0v) is 24.0. The monoisotopic (exact) mass is 568 g/mol. The van der Waals surface area contributed by atoms with Crippen molar-refractivity contribution in [3.05, 3.63) is 105 Å². The minimum atomic E-state index is -0.606. The van der Waals surface area contributed by atoms with Crippen LogP contribution in [0, 0.1) is 6.92 Å². The quantitative estimate of drug-likeness (QED) is 0.265. The molecular formula is C31H34Cl2N2O2S. The van der Waals surface area contributed by atoms with E-state index < -0.39 is 6.04 Å². The van der Waals surface area contributed by atoms with E-state index in [9.17, 15) is 9.59 Å². The van der Waals surface area contributed by atoms with Gasteiger partial charge in [-0.05, 0) is 48.6 Å². The van der Waals surface area contributed by atoms with Gasteiger partial charge in [-0.1, -0.05) is 102 Å². The number of halogens is 2. The van der Waals surface area contributed by atoms with Crippen LogP contribution in [0.15, 0.2) is 72.8 Å². The van der Waals surface area contributed by atoms with Crippen molar-refractivity contribution in [3.63, 3.8) is 0 Å². The molecule has 0 aromatic heterocycles. The standard InChI is InChI=1S/C31H34Cl2N2O2S/c1-22-8-7-11-24(16-22)19-35(30(36)21-38-20-25-14-15-26(32)18-28(25)33)29(17-23-9-3-2-4-10-23)31(37)34-27-12-5-6-13-27/h2-4,7-11,14-16,18,27,29H,5-6,12-13,17,19-21H2,1H3,(H,34,37)/t29-/m0/s1. The van der Waals surface area contributed by atoms with E-state index >= 15 is 0 Å². The largest absolute Gasteiger partial charge is 0.352 e. The summed E-state index contributed by atoms with van der Waals surface area (Å²) in [5.74, 6) is 0.682. The number of nitrogens with one attached hydrogen (secondary N) is 1. The molecular weight excluding hydrogens is 535 g/mol. The molecule has 3 aromatic rings. The lowest BCUT2D eigenvalue weighted by atomic mass is 10.0. The van der Waals surface area contributed by atoms with Crippen LogP contribution in [0.2, 0.25) is 10.0 Å². The molecule has 3 aromatic carbocycles. The molecule has 0 spiro atoms. The molecule has 7 heteroatoms. The first-order valence-electron chi connectivity index (χ1n) is 13.1. The molecule has 4 nitrogen and oxygen atoms in total. The number of aryl methyl sites for hydroxylation is 1. The molecule has 4 rings (SSSR count). The van der Waals surface area contributed by atoms with Gasteiger partial charge in [0.2, 0.25) is 11.8 Å². The Morgan fingerprint density at radius 1 is 0.974 bits per heavy atom. The van der Waals surface area contributed by atoms with E-state index in [-0.39, 0.29) is 23.6 Å². The predicted octanol–water partition coefficient (Wildman–Crippen LogP) is 7.23. The Morgan fingerprint density at radius 2 is 1.71 bits per heavy atom. The van der Waals surface area contributed by atoms with Gasteiger partial charge >= 0.3 is 0 Å². The second-order valence-corrected chi connectivity index (χ2v) is 11.8. The van der Waals surface area contributed by atoms with Crippen LogP contribution in [0.1, 0.15) is 47.9 Å². The number of rotatable bonds is 11. The number of benzene rings is 3. The van der Waals surface area contributed by atoms with Gasteiger partial charge in [-0.3, -0.25) is 9.59 Å². The summed E-state index contributed by atoms with van der Waals surface area (Å²) in [6.07, 6.45) is 4.71. The maximum absolute atomic E-state index is 13.8. The Labute approximate surface area is 240 Å². The number of amides is 2. The number of nitrogens with zero attached hydrogens (tertiary/aromatic N) is 1. The van der Waals surface area contributed by atoms with E-state index in [1.165, 1.54) is 11.8 Å². The Hall–Kier alpha value is -2.47. The van der Waals surface area contributed by atoms with Gasteiger partial charge in [-0.15, -0.1) is 11.8 Å². The smallest absolute Gasteiger partial charge is 0.243 e. The molecule has 1 aliphatic rings. The van der Waals surface area contributed by atoms with Crippen LogP contribution in [0.3, 0.4) is 0 Å². The summed E-state index contributed by atoms with van der Waals surface area (Å²) in [6.45, 7) is 2.41. The lowest BCUT2D eigenvalue weighted by molar-refractivity contribution is -0.139. The van der Waals surface area contributed by atoms with E-state index in [2.05, 4.69) is 11.4 Å². The zero-order valence-electron chi connectivity index (χ0n) is 21.7. The van der Waals surface area contributed by atoms with Gasteiger partial charge < -0.3 is 10.2 Å². The summed E-state index contributed by atoms with van der Waals surface area (Å²) in [5.41, 5.74) is 4.09. The third kappa shape index (κ3) is 8.26. The first-order valence-corrected chi connectivity index (χ1v) is 15.0. The highest BCUT2D eigenvalue weighted by atomic mass is 35.5. The van der Waals surface area contributed by atoms with Crippen LogP contribution in [0.4, 0.5) is 0 Å². The SMILES string of the molecule is Cc1cccc(CN(C(=O)CSCc2ccc(Cl)cc2Cl)[C@@H](Cc2ccccc2)C(=O)NC2CCCC2)c1. The van der Waals surface area contributed by atoms with E-state index in [1.807, 2.05) is 61.5 Å². The van der Waals surface area contributed by atoms with E-state index in [1.54, 1.807) is 17.0 Å². The van der Waals surface area contributed by atoms with Gasteiger partial charge in [0.15, 0.2) is 0 Å². The van der Waals surface area contributed by atoms with Crippen LogP contribution < -0.4 is 5.32 Å². The maximum Gasteiger partial charge on any atom is 0.243 e. The highest BCUT2D eigenvalue weighted by molar-refractivity contribution is 7.99. The van der Waals surface area contributed by atoms with Crippen molar-refractivity contribution in [1.82, 2.24) is 10.2 Å². The van der Waals surface area contributed by atoms with Gasteiger partial charge in [0, 0.05) is 34.8 Å². The topological polar surface area (TPSA) is 49.4 Å². The van der Waals surface area contributed by atoms with Gasteiger partial charge in [0.1, 0.15) is 6.04 Å². The third-order valence-corrected chi connectivity index (χ3v) is 8.46. The number of carbonyl (C=O) groups is 2. The molecule has 1 aliphatic carbocycles. The zero-order chi connectivity index (χ0) is 26.9. The van der Waals surface area contributed by atoms with Crippen molar-refractivity contribution in [2.75, 3.05) is 5.75 Å². The molecule has 200 valence electrons. The van der Waals surface area contributed by atoms with Gasteiger partial charge in [-0.25, -0.2) is 0 Å². The fraction of sp³-hybridized carbons (Fsp3) is 0.355. The van der Waals surface area contributed by atoms with E-state index in [0.29, 0.717) is 28.8 Å². The second kappa shape index (κ2) is 14.1. The molecule has 1 saturated carbocycles. The fourth-order valence-electron chi connectivity index (χ4n) is 4.90. The number of thioether (sulfide) groups is 1. The summed E-state index contributed by atoms with van der Waals surface area (Å²) in [7, 11) is 0. The number of hydrogen-bond donors (Lipinski definition) is 1. The molecule has 0 bridgehead atoms. The molecule has 0 heterocycles. The number of hydrogen-bond acceptors (Lipinski definition) is 3. The molecule has 1 atom stereocenters. The van der Waals surface area contributed by atoms with Crippen LogP contribution in [-0.4, -0.2) is 34.6 Å². The molecule has 1 fully saturated rings. The highest BCUT2D eigenvalue weighted by Crippen LogP contribution is 2.26. The minimum Gasteiger partial charge on any atom is -0.352 e. The first kappa shape index (κ1) is 28.5. The van der Waals surface area contributed by atoms with Gasteiger partial charge in [0.25, 0.3) is 0 Å². The van der Waals surface area contributed by atoms with Crippen LogP contribution in [0.5, 0.6) is 0 Å². The average Bonchev–Trinajstić information content (AvgIpc) is 3.41. The van der Waals surface area contributed by atoms with Crippen LogP contribution in [-0.2, 0) is 28.3 Å². The highest BCUT2D eigenvalue weighted by Gasteiger charge is 2.32. The fourth-order valence-corrected chi connectivity index (χ4v) is 6.37. The summed E-state index contributed by atoms with van der Waals surface area (Å²) in [4.78, 5) is 29.3. The normalized spacial score (nSPS) is 14.3.